The van der Waals surface area contributed by atoms with Gasteiger partial charge in [0, 0.05) is 37.5 Å². The van der Waals surface area contributed by atoms with E-state index in [1.165, 1.54) is 23.7 Å². The van der Waals surface area contributed by atoms with Crippen LogP contribution in [0.5, 0.6) is 0 Å². The van der Waals surface area contributed by atoms with Crippen molar-refractivity contribution in [3.8, 4) is 0 Å². The predicted molar refractivity (Wildman–Crippen MR) is 111 cm³/mol. The first-order valence-electron chi connectivity index (χ1n) is 9.38. The van der Waals surface area contributed by atoms with Gasteiger partial charge in [0.1, 0.15) is 5.02 Å². The van der Waals surface area contributed by atoms with Gasteiger partial charge >= 0.3 is 5.69 Å². The van der Waals surface area contributed by atoms with E-state index in [9.17, 15) is 28.1 Å². The molecule has 1 heterocycles. The van der Waals surface area contributed by atoms with Gasteiger partial charge in [0.2, 0.25) is 10.0 Å². The molecule has 0 saturated heterocycles. The van der Waals surface area contributed by atoms with Crippen LogP contribution >= 0.6 is 11.6 Å². The largest absolute Gasteiger partial charge is 0.328 e. The fourth-order valence-electron chi connectivity index (χ4n) is 3.58. The van der Waals surface area contributed by atoms with Crippen LogP contribution in [0.4, 0.5) is 5.69 Å². The fraction of sp³-hybridized carbons (Fsp3) is 0.444. The Hall–Kier alpha value is -2.50. The van der Waals surface area contributed by atoms with E-state index in [0.717, 1.165) is 23.2 Å². The van der Waals surface area contributed by atoms with Gasteiger partial charge in [-0.15, -0.1) is 0 Å². The molecule has 0 aliphatic heterocycles. The lowest BCUT2D eigenvalue weighted by atomic mass is 9.97. The summed E-state index contributed by atoms with van der Waals surface area (Å²) in [6.07, 6.45) is 3.36. The highest BCUT2D eigenvalue weighted by Crippen LogP contribution is 2.28. The summed E-state index contributed by atoms with van der Waals surface area (Å²) in [6.45, 7) is 0.331. The standard InChI is InChI=1S/C18H21ClN4O6S/c1-21(30(28,29)12-7-8-14(19)16(11-12)23(26)27)9-4-10-22-15-6-3-2-5-13(15)17(24)20-18(22)25/h7-8,11H,2-6,9-10H2,1H3,(H,20,24,25). The molecule has 12 heteroatoms. The SMILES string of the molecule is CN(CCCn1c2c(c(=O)[nH]c1=O)CCCC2)S(=O)(=O)c1ccc(Cl)c([N+](=O)[O-])c1. The maximum atomic E-state index is 12.7. The summed E-state index contributed by atoms with van der Waals surface area (Å²) in [5.41, 5.74) is -0.00355. The predicted octanol–water partition coefficient (Wildman–Crippen LogP) is 1.69. The fourth-order valence-corrected chi connectivity index (χ4v) is 4.99. The number of benzene rings is 1. The molecule has 1 aromatic heterocycles. The molecular formula is C18H21ClN4O6S. The second-order valence-corrected chi connectivity index (χ2v) is 9.55. The van der Waals surface area contributed by atoms with Crippen LogP contribution in [0.3, 0.4) is 0 Å². The number of aromatic amines is 1. The van der Waals surface area contributed by atoms with Gasteiger partial charge in [-0.2, -0.15) is 0 Å². The molecule has 1 N–H and O–H groups in total. The molecule has 3 rings (SSSR count). The molecule has 162 valence electrons. The third-order valence-corrected chi connectivity index (χ3v) is 7.35. The number of halogens is 1. The van der Waals surface area contributed by atoms with Crippen molar-refractivity contribution in [2.75, 3.05) is 13.6 Å². The van der Waals surface area contributed by atoms with Crippen LogP contribution in [0.1, 0.15) is 30.5 Å². The first kappa shape index (κ1) is 22.2. The van der Waals surface area contributed by atoms with Crippen LogP contribution < -0.4 is 11.2 Å². The third-order valence-electron chi connectivity index (χ3n) is 5.18. The van der Waals surface area contributed by atoms with Gasteiger partial charge in [0.25, 0.3) is 11.2 Å². The minimum Gasteiger partial charge on any atom is -0.297 e. The number of hydrogen-bond donors (Lipinski definition) is 1. The van der Waals surface area contributed by atoms with Crippen LogP contribution in [0.15, 0.2) is 32.7 Å². The average molecular weight is 457 g/mol. The van der Waals surface area contributed by atoms with E-state index in [0.29, 0.717) is 30.5 Å². The number of H-pyrrole nitrogens is 1. The number of nitro groups is 1. The van der Waals surface area contributed by atoms with E-state index >= 15 is 0 Å². The van der Waals surface area contributed by atoms with Gasteiger partial charge in [-0.1, -0.05) is 11.6 Å². The van der Waals surface area contributed by atoms with Crippen molar-refractivity contribution in [2.45, 2.75) is 43.5 Å². The summed E-state index contributed by atoms with van der Waals surface area (Å²) in [5.74, 6) is 0. The Bertz CT molecular complexity index is 1200. The van der Waals surface area contributed by atoms with Gasteiger partial charge in [-0.05, 0) is 44.2 Å². The Morgan fingerprint density at radius 2 is 1.97 bits per heavy atom. The number of sulfonamides is 1. The maximum absolute atomic E-state index is 12.7. The summed E-state index contributed by atoms with van der Waals surface area (Å²) in [7, 11) is -2.61. The van der Waals surface area contributed by atoms with E-state index in [2.05, 4.69) is 4.98 Å². The normalized spacial score (nSPS) is 14.0. The molecule has 10 nitrogen and oxygen atoms in total. The molecule has 0 spiro atoms. The van der Waals surface area contributed by atoms with Crippen molar-refractivity contribution in [2.24, 2.45) is 0 Å². The first-order chi connectivity index (χ1) is 14.1. The van der Waals surface area contributed by atoms with Crippen molar-refractivity contribution in [1.82, 2.24) is 13.9 Å². The number of nitro benzene ring substituents is 1. The summed E-state index contributed by atoms with van der Waals surface area (Å²) in [5, 5.41) is 10.9. The number of aromatic nitrogens is 2. The molecule has 0 fully saturated rings. The maximum Gasteiger partial charge on any atom is 0.328 e. The van der Waals surface area contributed by atoms with E-state index in [-0.39, 0.29) is 28.6 Å². The molecule has 1 aliphatic rings. The number of nitrogens with zero attached hydrogens (tertiary/aromatic N) is 3. The van der Waals surface area contributed by atoms with Gasteiger partial charge < -0.3 is 0 Å². The molecule has 0 unspecified atom stereocenters. The molecular weight excluding hydrogens is 436 g/mol. The lowest BCUT2D eigenvalue weighted by molar-refractivity contribution is -0.384. The zero-order chi connectivity index (χ0) is 22.1. The molecule has 0 radical (unpaired) electrons. The van der Waals surface area contributed by atoms with Crippen LogP contribution in [0, 0.1) is 10.1 Å². The summed E-state index contributed by atoms with van der Waals surface area (Å²) >= 11 is 5.75. The van der Waals surface area contributed by atoms with Crippen molar-refractivity contribution < 1.29 is 13.3 Å². The molecule has 30 heavy (non-hydrogen) atoms. The molecule has 2 aromatic rings. The average Bonchev–Trinajstić information content (AvgIpc) is 2.70. The molecule has 0 amide bonds. The number of fused-ring (bicyclic) bond motifs is 1. The van der Waals surface area contributed by atoms with E-state index in [1.54, 1.807) is 0 Å². The number of nitrogens with one attached hydrogen (secondary N) is 1. The molecule has 0 saturated carbocycles. The molecule has 1 aliphatic carbocycles. The summed E-state index contributed by atoms with van der Waals surface area (Å²) in [4.78, 5) is 36.6. The van der Waals surface area contributed by atoms with Gasteiger partial charge in [0.15, 0.2) is 0 Å². The van der Waals surface area contributed by atoms with Crippen LogP contribution in [0.25, 0.3) is 0 Å². The lowest BCUT2D eigenvalue weighted by Gasteiger charge is -2.21. The van der Waals surface area contributed by atoms with E-state index in [4.69, 9.17) is 11.6 Å². The van der Waals surface area contributed by atoms with Gasteiger partial charge in [0.05, 0.1) is 9.82 Å². The molecule has 0 bridgehead atoms. The Morgan fingerprint density at radius 3 is 2.67 bits per heavy atom. The smallest absolute Gasteiger partial charge is 0.297 e. The molecule has 1 aromatic carbocycles. The van der Waals surface area contributed by atoms with Crippen molar-refractivity contribution >= 4 is 27.3 Å². The van der Waals surface area contributed by atoms with E-state index < -0.39 is 26.3 Å². The van der Waals surface area contributed by atoms with Gasteiger partial charge in [-0.25, -0.2) is 17.5 Å². The first-order valence-corrected chi connectivity index (χ1v) is 11.2. The highest BCUT2D eigenvalue weighted by atomic mass is 35.5. The quantitative estimate of drug-likeness (QED) is 0.497. The van der Waals surface area contributed by atoms with Crippen molar-refractivity contribution in [3.05, 3.63) is 65.4 Å². The zero-order valence-corrected chi connectivity index (χ0v) is 17.8. The van der Waals surface area contributed by atoms with Crippen molar-refractivity contribution in [3.63, 3.8) is 0 Å². The zero-order valence-electron chi connectivity index (χ0n) is 16.3. The Labute approximate surface area is 177 Å². The highest BCUT2D eigenvalue weighted by Gasteiger charge is 2.25. The van der Waals surface area contributed by atoms with Crippen molar-refractivity contribution in [1.29, 1.82) is 0 Å². The monoisotopic (exact) mass is 456 g/mol. The van der Waals surface area contributed by atoms with Crippen LogP contribution in [0.2, 0.25) is 5.02 Å². The topological polar surface area (TPSA) is 135 Å². The number of hydrogen-bond acceptors (Lipinski definition) is 6. The Balaban J connectivity index is 1.76. The van der Waals surface area contributed by atoms with Crippen LogP contribution in [-0.2, 0) is 29.4 Å². The lowest BCUT2D eigenvalue weighted by Crippen LogP contribution is -2.37. The summed E-state index contributed by atoms with van der Waals surface area (Å²) < 4.78 is 28.1. The Kier molecular flexibility index (Phi) is 6.44. The summed E-state index contributed by atoms with van der Waals surface area (Å²) in [6, 6.07) is 3.31. The van der Waals surface area contributed by atoms with Crippen LogP contribution in [-0.4, -0.2) is 40.8 Å². The third kappa shape index (κ3) is 4.32. The Morgan fingerprint density at radius 1 is 1.27 bits per heavy atom. The number of rotatable bonds is 7. The second kappa shape index (κ2) is 8.70. The minimum absolute atomic E-state index is 0.0824. The van der Waals surface area contributed by atoms with E-state index in [1.807, 2.05) is 0 Å². The minimum atomic E-state index is -3.98. The highest BCUT2D eigenvalue weighted by molar-refractivity contribution is 7.89. The van der Waals surface area contributed by atoms with Gasteiger partial charge in [-0.3, -0.25) is 24.5 Å². The second-order valence-electron chi connectivity index (χ2n) is 7.09. The molecule has 0 atom stereocenters.